The summed E-state index contributed by atoms with van der Waals surface area (Å²) < 4.78 is 8.92. The lowest BCUT2D eigenvalue weighted by atomic mass is 10.7. The van der Waals surface area contributed by atoms with Crippen LogP contribution in [0.2, 0.25) is 0 Å². The van der Waals surface area contributed by atoms with Crippen LogP contribution in [0.15, 0.2) is 0 Å². The summed E-state index contributed by atoms with van der Waals surface area (Å²) in [4.78, 5) is 29.3. The Morgan fingerprint density at radius 3 is 2.00 bits per heavy atom. The lowest BCUT2D eigenvalue weighted by molar-refractivity contribution is -0.124. The summed E-state index contributed by atoms with van der Waals surface area (Å²) in [6.07, 6.45) is 0.558. The van der Waals surface area contributed by atoms with Crippen LogP contribution in [0.25, 0.3) is 0 Å². The molecule has 0 saturated heterocycles. The van der Waals surface area contributed by atoms with Crippen LogP contribution in [-0.4, -0.2) is 56.2 Å². The van der Waals surface area contributed by atoms with Crippen LogP contribution in [0.5, 0.6) is 0 Å². The van der Waals surface area contributed by atoms with Gasteiger partial charge in [0.2, 0.25) is 11.8 Å². The maximum absolute atomic E-state index is 9.89. The van der Waals surface area contributed by atoms with Crippen molar-refractivity contribution in [2.75, 3.05) is 33.0 Å². The number of nitrogens with two attached hydrogens (primary N) is 2. The Kier molecular flexibility index (Phi) is 14.3. The van der Waals surface area contributed by atoms with Crippen LogP contribution in [0.1, 0.15) is 0 Å². The van der Waals surface area contributed by atoms with Crippen molar-refractivity contribution in [3.8, 4) is 0 Å². The minimum Gasteiger partial charge on any atom is -0.394 e. The highest BCUT2D eigenvalue weighted by Crippen LogP contribution is 1.69. The smallest absolute Gasteiger partial charge is 0.243 e. The van der Waals surface area contributed by atoms with Crippen LogP contribution in [0.4, 0.5) is 0 Å². The van der Waals surface area contributed by atoms with Crippen molar-refractivity contribution in [3.63, 3.8) is 0 Å². The molecule has 0 aromatic carbocycles. The van der Waals surface area contributed by atoms with Crippen LogP contribution >= 0.6 is 0 Å². The van der Waals surface area contributed by atoms with E-state index in [4.69, 9.17) is 5.11 Å². The van der Waals surface area contributed by atoms with Gasteiger partial charge in [-0.3, -0.25) is 9.59 Å². The summed E-state index contributed by atoms with van der Waals surface area (Å²) in [6, 6.07) is 0. The Hall–Kier alpha value is -1.51. The molecular weight excluding hydrogens is 220 g/mol. The van der Waals surface area contributed by atoms with Crippen molar-refractivity contribution < 1.29 is 29.0 Å². The van der Waals surface area contributed by atoms with E-state index in [0.29, 0.717) is 6.29 Å². The van der Waals surface area contributed by atoms with Gasteiger partial charge >= 0.3 is 0 Å². The highest BCUT2D eigenvalue weighted by Gasteiger charge is 1.90. The lowest BCUT2D eigenvalue weighted by Crippen LogP contribution is -2.19. The zero-order valence-corrected chi connectivity index (χ0v) is 8.76. The highest BCUT2D eigenvalue weighted by atomic mass is 16.5. The maximum Gasteiger partial charge on any atom is 0.243 e. The third kappa shape index (κ3) is 22.9. The third-order valence-corrected chi connectivity index (χ3v) is 0.910. The minimum atomic E-state index is -0.563. The molecule has 2 amide bonds. The number of rotatable bonds is 8. The van der Waals surface area contributed by atoms with Gasteiger partial charge in [0.1, 0.15) is 26.1 Å². The Morgan fingerprint density at radius 1 is 1.12 bits per heavy atom. The quantitative estimate of drug-likeness (QED) is 0.306. The molecule has 0 fully saturated rings. The monoisotopic (exact) mass is 236 g/mol. The molecule has 0 aromatic rings. The van der Waals surface area contributed by atoms with Crippen LogP contribution < -0.4 is 11.5 Å². The summed E-state index contributed by atoms with van der Waals surface area (Å²) in [5, 5.41) is 8.10. The van der Waals surface area contributed by atoms with E-state index in [0.717, 1.165) is 0 Å². The number of hydrogen-bond acceptors (Lipinski definition) is 6. The van der Waals surface area contributed by atoms with E-state index in [-0.39, 0.29) is 33.0 Å². The first-order valence-electron chi connectivity index (χ1n) is 4.31. The van der Waals surface area contributed by atoms with E-state index >= 15 is 0 Å². The fourth-order valence-electron chi connectivity index (χ4n) is 0.445. The van der Waals surface area contributed by atoms with E-state index in [1.165, 1.54) is 0 Å². The van der Waals surface area contributed by atoms with Crippen molar-refractivity contribution in [1.82, 2.24) is 0 Å². The molecule has 0 saturated carbocycles. The molecule has 0 aliphatic heterocycles. The maximum atomic E-state index is 9.89. The van der Waals surface area contributed by atoms with Gasteiger partial charge in [0.15, 0.2) is 0 Å². The molecule has 8 heteroatoms. The number of amides is 2. The number of carbonyl (C=O) groups excluding carboxylic acids is 3. The second kappa shape index (κ2) is 13.5. The van der Waals surface area contributed by atoms with Gasteiger partial charge in [0.05, 0.1) is 13.2 Å². The third-order valence-electron chi connectivity index (χ3n) is 0.910. The van der Waals surface area contributed by atoms with Gasteiger partial charge < -0.3 is 30.8 Å². The second-order valence-corrected chi connectivity index (χ2v) is 2.39. The number of aldehydes is 1. The summed E-state index contributed by atoms with van der Waals surface area (Å²) in [7, 11) is 0. The number of primary amides is 2. The largest absolute Gasteiger partial charge is 0.394 e. The zero-order valence-electron chi connectivity index (χ0n) is 8.76. The van der Waals surface area contributed by atoms with Gasteiger partial charge in [0.25, 0.3) is 0 Å². The molecule has 0 aromatic heterocycles. The molecule has 0 radical (unpaired) electrons. The molecule has 0 heterocycles. The van der Waals surface area contributed by atoms with Gasteiger partial charge in [-0.05, 0) is 0 Å². The average Bonchev–Trinajstić information content (AvgIpc) is 2.18. The van der Waals surface area contributed by atoms with Gasteiger partial charge in [-0.2, -0.15) is 0 Å². The molecule has 0 bridgehead atoms. The molecular formula is C8H16N2O6. The van der Waals surface area contributed by atoms with E-state index in [9.17, 15) is 14.4 Å². The van der Waals surface area contributed by atoms with E-state index in [2.05, 4.69) is 20.9 Å². The molecule has 0 aliphatic rings. The predicted octanol–water partition coefficient (Wildman–Crippen LogP) is -2.83. The summed E-state index contributed by atoms with van der Waals surface area (Å²) in [6.45, 7) is -0.265. The fourth-order valence-corrected chi connectivity index (χ4v) is 0.445. The first-order chi connectivity index (χ1) is 7.54. The number of aliphatic hydroxyl groups is 1. The van der Waals surface area contributed by atoms with Crippen LogP contribution in [0, 0.1) is 0 Å². The molecule has 0 atom stereocenters. The van der Waals surface area contributed by atoms with E-state index < -0.39 is 11.8 Å². The predicted molar refractivity (Wildman–Crippen MR) is 53.2 cm³/mol. The van der Waals surface area contributed by atoms with Crippen molar-refractivity contribution in [1.29, 1.82) is 0 Å². The standard InChI is InChI=1S/C4H9NO3.C4H7NO3/c2*5-4(7)3-8-2-1-6/h6H,1-3H2,(H2,5,7);1H,2-3H2,(H2,5,7). The summed E-state index contributed by atoms with van der Waals surface area (Å²) in [5.74, 6) is -1.08. The number of hydrogen-bond donors (Lipinski definition) is 3. The summed E-state index contributed by atoms with van der Waals surface area (Å²) >= 11 is 0. The molecule has 16 heavy (non-hydrogen) atoms. The van der Waals surface area contributed by atoms with Gasteiger partial charge in [-0.15, -0.1) is 0 Å². The highest BCUT2D eigenvalue weighted by molar-refractivity contribution is 5.75. The molecule has 5 N–H and O–H groups in total. The molecule has 8 nitrogen and oxygen atoms in total. The van der Waals surface area contributed by atoms with Crippen molar-refractivity contribution in [2.45, 2.75) is 0 Å². The Bertz CT molecular complexity index is 209. The number of aliphatic hydroxyl groups excluding tert-OH is 1. The SMILES string of the molecule is NC(=O)COCC=O.NC(=O)COCCO. The summed E-state index contributed by atoms with van der Waals surface area (Å²) in [5.41, 5.74) is 9.34. The van der Waals surface area contributed by atoms with Crippen molar-refractivity contribution in [2.24, 2.45) is 11.5 Å². The van der Waals surface area contributed by atoms with E-state index in [1.54, 1.807) is 0 Å². The normalized spacial score (nSPS) is 8.81. The van der Waals surface area contributed by atoms with Gasteiger partial charge in [0, 0.05) is 0 Å². The molecule has 0 rings (SSSR count). The Morgan fingerprint density at radius 2 is 1.62 bits per heavy atom. The van der Waals surface area contributed by atoms with Crippen LogP contribution in [0.3, 0.4) is 0 Å². The molecule has 0 aliphatic carbocycles. The van der Waals surface area contributed by atoms with Crippen molar-refractivity contribution in [3.05, 3.63) is 0 Å². The minimum absolute atomic E-state index is 0.0665. The van der Waals surface area contributed by atoms with Crippen LogP contribution in [-0.2, 0) is 23.9 Å². The van der Waals surface area contributed by atoms with Gasteiger partial charge in [-0.1, -0.05) is 0 Å². The van der Waals surface area contributed by atoms with Crippen molar-refractivity contribution >= 4 is 18.1 Å². The fraction of sp³-hybridized carbons (Fsp3) is 0.625. The molecule has 94 valence electrons. The zero-order chi connectivity index (χ0) is 12.8. The first kappa shape index (κ1) is 16.9. The number of carbonyl (C=O) groups is 3. The average molecular weight is 236 g/mol. The Balaban J connectivity index is 0. The lowest BCUT2D eigenvalue weighted by Gasteiger charge is -1.94. The molecule has 0 spiro atoms. The topological polar surface area (TPSA) is 142 Å². The molecule has 0 unspecified atom stereocenters. The number of ether oxygens (including phenoxy) is 2. The second-order valence-electron chi connectivity index (χ2n) is 2.39. The van der Waals surface area contributed by atoms with E-state index in [1.807, 2.05) is 0 Å². The van der Waals surface area contributed by atoms with Gasteiger partial charge in [-0.25, -0.2) is 0 Å². The Labute approximate surface area is 92.5 Å². The first-order valence-corrected chi connectivity index (χ1v) is 4.31.